The average Bonchev–Trinajstić information content (AvgIpc) is 2.75. The Morgan fingerprint density at radius 1 is 1.00 bits per heavy atom. The molecular weight excluding hydrogens is 376 g/mol. The molecule has 0 unspecified atom stereocenters. The first-order chi connectivity index (χ1) is 14.4. The summed E-state index contributed by atoms with van der Waals surface area (Å²) < 4.78 is 0. The zero-order valence-electron chi connectivity index (χ0n) is 17.1. The molecule has 0 saturated carbocycles. The standard InChI is InChI=1S/C24H22N4O2/c1-15(2)20-9-4-6-16(3)22(20)28-23(29)18-10-11-26-21(13-18)24(30)27-19-8-5-7-17(12-19)14-25/h4-13,15H,1-3H3,(H,27,30)(H,28,29). The van der Waals surface area contributed by atoms with E-state index in [1.54, 1.807) is 30.3 Å². The number of rotatable bonds is 5. The number of hydrogen-bond donors (Lipinski definition) is 2. The first-order valence-electron chi connectivity index (χ1n) is 9.57. The first kappa shape index (κ1) is 20.7. The number of aromatic nitrogens is 1. The molecule has 0 radical (unpaired) electrons. The van der Waals surface area contributed by atoms with Crippen molar-refractivity contribution < 1.29 is 9.59 Å². The second-order valence-electron chi connectivity index (χ2n) is 7.22. The third-order valence-corrected chi connectivity index (χ3v) is 4.67. The Labute approximate surface area is 175 Å². The van der Waals surface area contributed by atoms with Gasteiger partial charge in [-0.25, -0.2) is 0 Å². The van der Waals surface area contributed by atoms with Crippen LogP contribution in [0, 0.1) is 18.3 Å². The molecule has 30 heavy (non-hydrogen) atoms. The number of carbonyl (C=O) groups excluding carboxylic acids is 2. The topological polar surface area (TPSA) is 94.9 Å². The average molecular weight is 398 g/mol. The van der Waals surface area contributed by atoms with Gasteiger partial charge >= 0.3 is 0 Å². The van der Waals surface area contributed by atoms with Crippen molar-refractivity contribution in [2.45, 2.75) is 26.7 Å². The van der Waals surface area contributed by atoms with E-state index in [0.29, 0.717) is 16.8 Å². The molecule has 0 bridgehead atoms. The molecule has 6 heteroatoms. The normalized spacial score (nSPS) is 10.4. The fraction of sp³-hybridized carbons (Fsp3) is 0.167. The number of para-hydroxylation sites is 1. The lowest BCUT2D eigenvalue weighted by Crippen LogP contribution is -2.18. The Bertz CT molecular complexity index is 1150. The van der Waals surface area contributed by atoms with Gasteiger partial charge in [-0.3, -0.25) is 14.6 Å². The molecule has 0 spiro atoms. The highest BCUT2D eigenvalue weighted by molar-refractivity contribution is 6.08. The quantitative estimate of drug-likeness (QED) is 0.640. The number of benzene rings is 2. The zero-order chi connectivity index (χ0) is 21.7. The Hall–Kier alpha value is -3.98. The summed E-state index contributed by atoms with van der Waals surface area (Å²) in [6.45, 7) is 6.09. The van der Waals surface area contributed by atoms with E-state index in [1.165, 1.54) is 12.3 Å². The predicted molar refractivity (Wildman–Crippen MR) is 117 cm³/mol. The smallest absolute Gasteiger partial charge is 0.274 e. The highest BCUT2D eigenvalue weighted by atomic mass is 16.2. The predicted octanol–water partition coefficient (Wildman–Crippen LogP) is 4.89. The molecule has 150 valence electrons. The number of amides is 2. The summed E-state index contributed by atoms with van der Waals surface area (Å²) >= 11 is 0. The van der Waals surface area contributed by atoms with Gasteiger partial charge in [0.15, 0.2) is 0 Å². The number of hydrogen-bond acceptors (Lipinski definition) is 4. The largest absolute Gasteiger partial charge is 0.321 e. The molecule has 3 aromatic rings. The van der Waals surface area contributed by atoms with E-state index in [1.807, 2.05) is 31.2 Å². The summed E-state index contributed by atoms with van der Waals surface area (Å²) in [7, 11) is 0. The summed E-state index contributed by atoms with van der Waals surface area (Å²) in [6.07, 6.45) is 1.43. The van der Waals surface area contributed by atoms with Crippen molar-refractivity contribution in [3.05, 3.63) is 88.7 Å². The van der Waals surface area contributed by atoms with Crippen molar-refractivity contribution in [2.75, 3.05) is 10.6 Å². The second-order valence-corrected chi connectivity index (χ2v) is 7.22. The maximum Gasteiger partial charge on any atom is 0.274 e. The van der Waals surface area contributed by atoms with E-state index in [0.717, 1.165) is 16.8 Å². The van der Waals surface area contributed by atoms with Crippen molar-refractivity contribution in [1.29, 1.82) is 5.26 Å². The summed E-state index contributed by atoms with van der Waals surface area (Å²) in [6, 6.07) is 17.5. The highest BCUT2D eigenvalue weighted by Gasteiger charge is 2.16. The lowest BCUT2D eigenvalue weighted by molar-refractivity contribution is 0.102. The Balaban J connectivity index is 1.81. The van der Waals surface area contributed by atoms with Gasteiger partial charge < -0.3 is 10.6 Å². The van der Waals surface area contributed by atoms with Crippen LogP contribution in [0.4, 0.5) is 11.4 Å². The number of nitriles is 1. The van der Waals surface area contributed by atoms with Crippen molar-refractivity contribution in [1.82, 2.24) is 4.98 Å². The van der Waals surface area contributed by atoms with E-state index in [4.69, 9.17) is 5.26 Å². The maximum atomic E-state index is 12.9. The number of carbonyl (C=O) groups is 2. The van der Waals surface area contributed by atoms with E-state index < -0.39 is 5.91 Å². The van der Waals surface area contributed by atoms with Crippen LogP contribution in [0.15, 0.2) is 60.8 Å². The van der Waals surface area contributed by atoms with Gasteiger partial charge in [-0.1, -0.05) is 38.1 Å². The second kappa shape index (κ2) is 9.01. The van der Waals surface area contributed by atoms with E-state index in [2.05, 4.69) is 29.5 Å². The van der Waals surface area contributed by atoms with Gasteiger partial charge in [-0.15, -0.1) is 0 Å². The fourth-order valence-electron chi connectivity index (χ4n) is 3.09. The molecule has 2 N–H and O–H groups in total. The van der Waals surface area contributed by atoms with Crippen molar-refractivity contribution >= 4 is 23.2 Å². The van der Waals surface area contributed by atoms with Gasteiger partial charge in [0.2, 0.25) is 0 Å². The van der Waals surface area contributed by atoms with Gasteiger partial charge in [0.25, 0.3) is 11.8 Å². The van der Waals surface area contributed by atoms with Crippen LogP contribution in [-0.4, -0.2) is 16.8 Å². The van der Waals surface area contributed by atoms with Crippen molar-refractivity contribution in [3.8, 4) is 6.07 Å². The third-order valence-electron chi connectivity index (χ3n) is 4.67. The fourth-order valence-corrected chi connectivity index (χ4v) is 3.09. The number of anilines is 2. The van der Waals surface area contributed by atoms with Crippen LogP contribution in [0.1, 0.15) is 57.3 Å². The molecule has 0 aliphatic heterocycles. The Kier molecular flexibility index (Phi) is 6.23. The van der Waals surface area contributed by atoms with Gasteiger partial charge in [0, 0.05) is 23.1 Å². The molecule has 2 aromatic carbocycles. The molecule has 1 heterocycles. The molecule has 3 rings (SSSR count). The number of nitrogens with zero attached hydrogens (tertiary/aromatic N) is 2. The summed E-state index contributed by atoms with van der Waals surface area (Å²) in [5.74, 6) is -0.518. The Morgan fingerprint density at radius 3 is 2.50 bits per heavy atom. The highest BCUT2D eigenvalue weighted by Crippen LogP contribution is 2.27. The minimum atomic E-state index is -0.460. The van der Waals surface area contributed by atoms with E-state index in [9.17, 15) is 9.59 Å². The molecule has 1 aromatic heterocycles. The number of aryl methyl sites for hydroxylation is 1. The van der Waals surface area contributed by atoms with Gasteiger partial charge in [-0.2, -0.15) is 5.26 Å². The van der Waals surface area contributed by atoms with E-state index in [-0.39, 0.29) is 17.5 Å². The zero-order valence-corrected chi connectivity index (χ0v) is 17.1. The molecule has 0 aliphatic carbocycles. The summed E-state index contributed by atoms with van der Waals surface area (Å²) in [5, 5.41) is 14.7. The summed E-state index contributed by atoms with van der Waals surface area (Å²) in [4.78, 5) is 29.5. The van der Waals surface area contributed by atoms with Crippen LogP contribution in [0.5, 0.6) is 0 Å². The van der Waals surface area contributed by atoms with Crippen LogP contribution in [0.25, 0.3) is 0 Å². The minimum Gasteiger partial charge on any atom is -0.321 e. The van der Waals surface area contributed by atoms with Gasteiger partial charge in [-0.05, 0) is 54.3 Å². The van der Waals surface area contributed by atoms with Crippen LogP contribution >= 0.6 is 0 Å². The minimum absolute atomic E-state index is 0.110. The molecule has 0 fully saturated rings. The SMILES string of the molecule is Cc1cccc(C(C)C)c1NC(=O)c1ccnc(C(=O)Nc2cccc(C#N)c2)c1. The lowest BCUT2D eigenvalue weighted by Gasteiger charge is -2.16. The monoisotopic (exact) mass is 398 g/mol. The molecular formula is C24H22N4O2. The Morgan fingerprint density at radius 2 is 1.77 bits per heavy atom. The van der Waals surface area contributed by atoms with Crippen LogP contribution < -0.4 is 10.6 Å². The third kappa shape index (κ3) is 4.70. The van der Waals surface area contributed by atoms with E-state index >= 15 is 0 Å². The van der Waals surface area contributed by atoms with Gasteiger partial charge in [0.05, 0.1) is 11.6 Å². The van der Waals surface area contributed by atoms with Gasteiger partial charge in [0.1, 0.15) is 5.69 Å². The van der Waals surface area contributed by atoms with Crippen LogP contribution in [0.3, 0.4) is 0 Å². The molecule has 0 aliphatic rings. The van der Waals surface area contributed by atoms with Crippen molar-refractivity contribution in [2.24, 2.45) is 0 Å². The molecule has 0 atom stereocenters. The number of pyridine rings is 1. The maximum absolute atomic E-state index is 12.9. The molecule has 0 saturated heterocycles. The lowest BCUT2D eigenvalue weighted by atomic mass is 9.98. The van der Waals surface area contributed by atoms with Crippen LogP contribution in [0.2, 0.25) is 0 Å². The number of nitrogens with one attached hydrogen (secondary N) is 2. The molecule has 6 nitrogen and oxygen atoms in total. The first-order valence-corrected chi connectivity index (χ1v) is 9.57. The summed E-state index contributed by atoms with van der Waals surface area (Å²) in [5.41, 5.74) is 4.17. The van der Waals surface area contributed by atoms with Crippen LogP contribution in [-0.2, 0) is 0 Å². The molecule has 2 amide bonds. The van der Waals surface area contributed by atoms with Crippen molar-refractivity contribution in [3.63, 3.8) is 0 Å².